The molecule has 0 radical (unpaired) electrons. The van der Waals surface area contributed by atoms with Gasteiger partial charge >= 0.3 is 0 Å². The maximum absolute atomic E-state index is 12.0. The molecule has 0 spiro atoms. The molecule has 0 aliphatic heterocycles. The maximum atomic E-state index is 12.0. The molecule has 0 aromatic carbocycles. The number of carbonyl (C=O) groups excluding carboxylic acids is 1. The first kappa shape index (κ1) is 11.0. The van der Waals surface area contributed by atoms with Crippen LogP contribution in [0.5, 0.6) is 0 Å². The molecule has 78 valence electrons. The van der Waals surface area contributed by atoms with E-state index in [0.717, 1.165) is 0 Å². The summed E-state index contributed by atoms with van der Waals surface area (Å²) in [6.45, 7) is 1.02. The Morgan fingerprint density at radius 3 is 2.79 bits per heavy atom. The van der Waals surface area contributed by atoms with E-state index in [2.05, 4.69) is 4.98 Å². The van der Waals surface area contributed by atoms with E-state index in [4.69, 9.17) is 0 Å². The van der Waals surface area contributed by atoms with E-state index in [1.54, 1.807) is 5.38 Å². The van der Waals surface area contributed by atoms with Gasteiger partial charge in [-0.3, -0.25) is 4.79 Å². The highest BCUT2D eigenvalue weighted by molar-refractivity contribution is 7.13. The minimum atomic E-state index is -2.40. The second-order valence-corrected chi connectivity index (χ2v) is 3.68. The van der Waals surface area contributed by atoms with Crippen molar-refractivity contribution in [2.45, 2.75) is 13.3 Å². The molecule has 0 amide bonds. The van der Waals surface area contributed by atoms with Crippen LogP contribution in [0, 0.1) is 0 Å². The molecule has 0 aliphatic carbocycles. The molecular formula is C8H10F2N2OS. The molecule has 3 nitrogen and oxygen atoms in total. The highest BCUT2D eigenvalue weighted by Crippen LogP contribution is 2.20. The van der Waals surface area contributed by atoms with Crippen LogP contribution in [0.1, 0.15) is 17.4 Å². The van der Waals surface area contributed by atoms with Crippen molar-refractivity contribution >= 4 is 22.3 Å². The summed E-state index contributed by atoms with van der Waals surface area (Å²) in [6, 6.07) is 0. The molecular weight excluding hydrogens is 210 g/mol. The zero-order chi connectivity index (χ0) is 10.7. The van der Waals surface area contributed by atoms with Crippen LogP contribution in [0.2, 0.25) is 0 Å². The SMILES string of the molecule is CC(=O)c1csc(N(C)CC(F)F)n1. The lowest BCUT2D eigenvalue weighted by Gasteiger charge is -2.14. The highest BCUT2D eigenvalue weighted by atomic mass is 32.1. The van der Waals surface area contributed by atoms with Gasteiger partial charge in [-0.1, -0.05) is 0 Å². The van der Waals surface area contributed by atoms with Crippen molar-refractivity contribution in [3.63, 3.8) is 0 Å². The fourth-order valence-electron chi connectivity index (χ4n) is 0.886. The van der Waals surface area contributed by atoms with Crippen LogP contribution in [0.15, 0.2) is 5.38 Å². The number of ketones is 1. The largest absolute Gasteiger partial charge is 0.345 e. The Hall–Kier alpha value is -1.04. The Morgan fingerprint density at radius 2 is 2.36 bits per heavy atom. The first-order valence-corrected chi connectivity index (χ1v) is 4.84. The van der Waals surface area contributed by atoms with Crippen LogP contribution in [0.4, 0.5) is 13.9 Å². The van der Waals surface area contributed by atoms with E-state index in [1.807, 2.05) is 0 Å². The minimum Gasteiger partial charge on any atom is -0.345 e. The standard InChI is InChI=1S/C8H10F2N2OS/c1-5(13)6-4-14-8(11-6)12(2)3-7(9)10/h4,7H,3H2,1-2H3. The lowest BCUT2D eigenvalue weighted by Crippen LogP contribution is -2.23. The molecule has 0 fully saturated rings. The normalized spacial score (nSPS) is 10.6. The number of aromatic nitrogens is 1. The number of carbonyl (C=O) groups is 1. The summed E-state index contributed by atoms with van der Waals surface area (Å²) in [6.07, 6.45) is -2.40. The van der Waals surface area contributed by atoms with Crippen molar-refractivity contribution in [3.05, 3.63) is 11.1 Å². The molecule has 0 aliphatic rings. The van der Waals surface area contributed by atoms with E-state index in [9.17, 15) is 13.6 Å². The molecule has 14 heavy (non-hydrogen) atoms. The summed E-state index contributed by atoms with van der Waals surface area (Å²) < 4.78 is 24.0. The molecule has 0 N–H and O–H groups in total. The number of hydrogen-bond acceptors (Lipinski definition) is 4. The van der Waals surface area contributed by atoms with Crippen molar-refractivity contribution in [3.8, 4) is 0 Å². The molecule has 0 saturated heterocycles. The van der Waals surface area contributed by atoms with Crippen LogP contribution >= 0.6 is 11.3 Å². The van der Waals surface area contributed by atoms with Gasteiger partial charge in [0.2, 0.25) is 0 Å². The zero-order valence-corrected chi connectivity index (χ0v) is 8.65. The van der Waals surface area contributed by atoms with E-state index in [0.29, 0.717) is 10.8 Å². The molecule has 0 unspecified atom stereocenters. The predicted molar refractivity (Wildman–Crippen MR) is 51.4 cm³/mol. The van der Waals surface area contributed by atoms with E-state index >= 15 is 0 Å². The van der Waals surface area contributed by atoms with E-state index in [1.165, 1.54) is 30.2 Å². The van der Waals surface area contributed by atoms with Gasteiger partial charge in [0.1, 0.15) is 5.69 Å². The Labute approximate surface area is 84.4 Å². The predicted octanol–water partition coefficient (Wildman–Crippen LogP) is 2.05. The number of alkyl halides is 2. The van der Waals surface area contributed by atoms with Gasteiger partial charge in [0.15, 0.2) is 10.9 Å². The zero-order valence-electron chi connectivity index (χ0n) is 7.83. The number of nitrogens with zero attached hydrogens (tertiary/aromatic N) is 2. The van der Waals surface area contributed by atoms with Gasteiger partial charge in [0.25, 0.3) is 6.43 Å². The quantitative estimate of drug-likeness (QED) is 0.728. The van der Waals surface area contributed by atoms with Crippen molar-refractivity contribution in [1.29, 1.82) is 0 Å². The summed E-state index contributed by atoms with van der Waals surface area (Å²) in [5.41, 5.74) is 0.325. The summed E-state index contributed by atoms with van der Waals surface area (Å²) in [4.78, 5) is 16.1. The number of rotatable bonds is 4. The van der Waals surface area contributed by atoms with Crippen molar-refractivity contribution in [2.24, 2.45) is 0 Å². The van der Waals surface area contributed by atoms with E-state index in [-0.39, 0.29) is 12.3 Å². The molecule has 0 bridgehead atoms. The summed E-state index contributed by atoms with van der Waals surface area (Å²) >= 11 is 1.19. The van der Waals surface area contributed by atoms with Crippen LogP contribution in [-0.2, 0) is 0 Å². The van der Waals surface area contributed by atoms with Gasteiger partial charge < -0.3 is 4.90 Å². The summed E-state index contributed by atoms with van der Waals surface area (Å²) in [5, 5.41) is 2.01. The Balaban J connectivity index is 2.71. The number of anilines is 1. The number of hydrogen-bond donors (Lipinski definition) is 0. The maximum Gasteiger partial charge on any atom is 0.255 e. The van der Waals surface area contributed by atoms with Gasteiger partial charge in [-0.15, -0.1) is 11.3 Å². The van der Waals surface area contributed by atoms with Gasteiger partial charge in [0.05, 0.1) is 6.54 Å². The Kier molecular flexibility index (Phi) is 3.51. The first-order valence-electron chi connectivity index (χ1n) is 3.96. The highest BCUT2D eigenvalue weighted by Gasteiger charge is 2.13. The summed E-state index contributed by atoms with van der Waals surface area (Å²) in [5.74, 6) is -0.155. The van der Waals surface area contributed by atoms with Gasteiger partial charge in [-0.05, 0) is 0 Å². The summed E-state index contributed by atoms with van der Waals surface area (Å²) in [7, 11) is 1.52. The second kappa shape index (κ2) is 4.45. The minimum absolute atomic E-state index is 0.155. The Bertz CT molecular complexity index is 327. The van der Waals surface area contributed by atoms with Crippen molar-refractivity contribution in [1.82, 2.24) is 4.98 Å². The van der Waals surface area contributed by atoms with Crippen LogP contribution < -0.4 is 4.90 Å². The van der Waals surface area contributed by atoms with Crippen molar-refractivity contribution < 1.29 is 13.6 Å². The average Bonchev–Trinajstić information content (AvgIpc) is 2.50. The lowest BCUT2D eigenvalue weighted by molar-refractivity contribution is 0.101. The van der Waals surface area contributed by atoms with Gasteiger partial charge in [0, 0.05) is 19.4 Å². The molecule has 0 saturated carbocycles. The second-order valence-electron chi connectivity index (χ2n) is 2.84. The van der Waals surface area contributed by atoms with Crippen LogP contribution in [0.25, 0.3) is 0 Å². The fourth-order valence-corrected chi connectivity index (χ4v) is 1.73. The molecule has 1 aromatic heterocycles. The topological polar surface area (TPSA) is 33.2 Å². The molecule has 6 heteroatoms. The molecule has 1 rings (SSSR count). The monoisotopic (exact) mass is 220 g/mol. The van der Waals surface area contributed by atoms with Gasteiger partial charge in [-0.25, -0.2) is 13.8 Å². The first-order chi connectivity index (χ1) is 6.50. The van der Waals surface area contributed by atoms with Crippen LogP contribution in [0.3, 0.4) is 0 Å². The van der Waals surface area contributed by atoms with Crippen molar-refractivity contribution in [2.75, 3.05) is 18.5 Å². The number of Topliss-reactive ketones (excluding diaryl/α,β-unsaturated/α-hetero) is 1. The Morgan fingerprint density at radius 1 is 1.71 bits per heavy atom. The van der Waals surface area contributed by atoms with Crippen LogP contribution in [-0.4, -0.2) is 30.8 Å². The number of halogens is 2. The third kappa shape index (κ3) is 2.73. The molecule has 1 aromatic rings. The molecule has 0 atom stereocenters. The average molecular weight is 220 g/mol. The third-order valence-corrected chi connectivity index (χ3v) is 2.55. The smallest absolute Gasteiger partial charge is 0.255 e. The van der Waals surface area contributed by atoms with E-state index < -0.39 is 6.43 Å². The lowest BCUT2D eigenvalue weighted by atomic mass is 10.4. The third-order valence-electron chi connectivity index (χ3n) is 1.59. The molecule has 1 heterocycles. The number of thiazole rings is 1. The fraction of sp³-hybridized carbons (Fsp3) is 0.500. The van der Waals surface area contributed by atoms with Gasteiger partial charge in [-0.2, -0.15) is 0 Å².